The summed E-state index contributed by atoms with van der Waals surface area (Å²) >= 11 is 0. The number of hydrogen-bond donors (Lipinski definition) is 1. The van der Waals surface area contributed by atoms with Crippen LogP contribution >= 0.6 is 0 Å². The molecule has 1 aliphatic rings. The fraction of sp³-hybridized carbons (Fsp3) is 0.889. The van der Waals surface area contributed by atoms with Crippen LogP contribution in [0.15, 0.2) is 0 Å². The second kappa shape index (κ2) is 3.74. The summed E-state index contributed by atoms with van der Waals surface area (Å²) in [5.41, 5.74) is 0. The van der Waals surface area contributed by atoms with Crippen molar-refractivity contribution in [2.24, 2.45) is 5.92 Å². The van der Waals surface area contributed by atoms with Crippen LogP contribution < -0.4 is 5.32 Å². The lowest BCUT2D eigenvalue weighted by atomic mass is 9.98. The summed E-state index contributed by atoms with van der Waals surface area (Å²) < 4.78 is 0. The van der Waals surface area contributed by atoms with Gasteiger partial charge >= 0.3 is 0 Å². The van der Waals surface area contributed by atoms with Crippen LogP contribution in [0.1, 0.15) is 39.5 Å². The number of carbonyl (C=O) groups is 1. The zero-order chi connectivity index (χ0) is 8.27. The number of hydrogen-bond acceptors (Lipinski definition) is 1. The molecule has 0 aromatic carbocycles. The molecular formula is C9H17NO. The number of rotatable bonds is 3. The Kier molecular flexibility index (Phi) is 2.92. The molecule has 11 heavy (non-hydrogen) atoms. The fourth-order valence-electron chi connectivity index (χ4n) is 1.62. The SMILES string of the molecule is CCCC[C@@H]1NC(=O)C[C@@H]1C. The Balaban J connectivity index is 2.28. The van der Waals surface area contributed by atoms with Crippen molar-refractivity contribution in [3.05, 3.63) is 0 Å². The lowest BCUT2D eigenvalue weighted by Crippen LogP contribution is -2.27. The van der Waals surface area contributed by atoms with E-state index >= 15 is 0 Å². The maximum Gasteiger partial charge on any atom is 0.220 e. The summed E-state index contributed by atoms with van der Waals surface area (Å²) in [5, 5.41) is 3.00. The monoisotopic (exact) mass is 155 g/mol. The third-order valence-electron chi connectivity index (χ3n) is 2.41. The Labute approximate surface area is 68.4 Å². The Morgan fingerprint density at radius 2 is 2.36 bits per heavy atom. The van der Waals surface area contributed by atoms with E-state index in [4.69, 9.17) is 0 Å². The average molecular weight is 155 g/mol. The second-order valence-corrected chi connectivity index (χ2v) is 3.50. The highest BCUT2D eigenvalue weighted by atomic mass is 16.1. The van der Waals surface area contributed by atoms with Gasteiger partial charge in [0.1, 0.15) is 0 Å². The van der Waals surface area contributed by atoms with E-state index in [9.17, 15) is 4.79 Å². The van der Waals surface area contributed by atoms with Crippen LogP contribution in [-0.4, -0.2) is 11.9 Å². The van der Waals surface area contributed by atoms with Gasteiger partial charge in [-0.15, -0.1) is 0 Å². The fourth-order valence-corrected chi connectivity index (χ4v) is 1.62. The van der Waals surface area contributed by atoms with Crippen LogP contribution in [0.2, 0.25) is 0 Å². The van der Waals surface area contributed by atoms with Crippen molar-refractivity contribution in [2.75, 3.05) is 0 Å². The molecule has 0 spiro atoms. The molecular weight excluding hydrogens is 138 g/mol. The molecule has 1 saturated heterocycles. The van der Waals surface area contributed by atoms with Crippen molar-refractivity contribution in [3.63, 3.8) is 0 Å². The van der Waals surface area contributed by atoms with E-state index < -0.39 is 0 Å². The third-order valence-corrected chi connectivity index (χ3v) is 2.41. The summed E-state index contributed by atoms with van der Waals surface area (Å²) in [6, 6.07) is 0.461. The van der Waals surface area contributed by atoms with Gasteiger partial charge in [-0.1, -0.05) is 26.7 Å². The average Bonchev–Trinajstić information content (AvgIpc) is 2.26. The first-order chi connectivity index (χ1) is 5.24. The Morgan fingerprint density at radius 3 is 2.82 bits per heavy atom. The van der Waals surface area contributed by atoms with Gasteiger partial charge in [-0.05, 0) is 12.3 Å². The highest BCUT2D eigenvalue weighted by Gasteiger charge is 2.27. The van der Waals surface area contributed by atoms with E-state index in [1.165, 1.54) is 12.8 Å². The minimum atomic E-state index is 0.235. The molecule has 2 atom stereocenters. The molecule has 1 heterocycles. The van der Waals surface area contributed by atoms with Gasteiger partial charge in [0.05, 0.1) is 0 Å². The molecule has 0 bridgehead atoms. The zero-order valence-electron chi connectivity index (χ0n) is 7.39. The van der Waals surface area contributed by atoms with E-state index in [-0.39, 0.29) is 5.91 Å². The van der Waals surface area contributed by atoms with Gasteiger partial charge in [-0.2, -0.15) is 0 Å². The number of nitrogens with one attached hydrogen (secondary N) is 1. The molecule has 64 valence electrons. The molecule has 0 aromatic heterocycles. The summed E-state index contributed by atoms with van der Waals surface area (Å²) in [7, 11) is 0. The standard InChI is InChI=1S/C9H17NO/c1-3-4-5-8-7(2)6-9(11)10-8/h7-8H,3-6H2,1-2H3,(H,10,11)/t7-,8-/m0/s1. The molecule has 0 radical (unpaired) electrons. The highest BCUT2D eigenvalue weighted by Crippen LogP contribution is 2.19. The van der Waals surface area contributed by atoms with Gasteiger partial charge < -0.3 is 5.32 Å². The van der Waals surface area contributed by atoms with Crippen molar-refractivity contribution in [1.82, 2.24) is 5.32 Å². The van der Waals surface area contributed by atoms with Gasteiger partial charge in [-0.25, -0.2) is 0 Å². The maximum atomic E-state index is 10.9. The normalized spacial score (nSPS) is 30.5. The third kappa shape index (κ3) is 2.21. The first kappa shape index (κ1) is 8.57. The zero-order valence-corrected chi connectivity index (χ0v) is 7.39. The first-order valence-corrected chi connectivity index (χ1v) is 4.53. The quantitative estimate of drug-likeness (QED) is 0.660. The minimum Gasteiger partial charge on any atom is -0.353 e. The lowest BCUT2D eigenvalue weighted by molar-refractivity contribution is -0.119. The van der Waals surface area contributed by atoms with Crippen molar-refractivity contribution < 1.29 is 4.79 Å². The molecule has 1 fully saturated rings. The van der Waals surface area contributed by atoms with Gasteiger partial charge in [0, 0.05) is 12.5 Å². The Morgan fingerprint density at radius 1 is 1.64 bits per heavy atom. The van der Waals surface area contributed by atoms with Gasteiger partial charge in [0.25, 0.3) is 0 Å². The molecule has 0 aromatic rings. The van der Waals surface area contributed by atoms with E-state index in [0.29, 0.717) is 12.0 Å². The molecule has 0 aliphatic carbocycles. The minimum absolute atomic E-state index is 0.235. The maximum absolute atomic E-state index is 10.9. The van der Waals surface area contributed by atoms with Crippen LogP contribution in [0.5, 0.6) is 0 Å². The molecule has 1 N–H and O–H groups in total. The molecule has 1 amide bonds. The molecule has 2 nitrogen and oxygen atoms in total. The van der Waals surface area contributed by atoms with Crippen LogP contribution in [0, 0.1) is 5.92 Å². The topological polar surface area (TPSA) is 29.1 Å². The molecule has 1 rings (SSSR count). The van der Waals surface area contributed by atoms with Crippen molar-refractivity contribution in [1.29, 1.82) is 0 Å². The van der Waals surface area contributed by atoms with Crippen LogP contribution in [0.25, 0.3) is 0 Å². The lowest BCUT2D eigenvalue weighted by Gasteiger charge is -2.13. The van der Waals surface area contributed by atoms with E-state index in [0.717, 1.165) is 12.8 Å². The molecule has 1 aliphatic heterocycles. The summed E-state index contributed by atoms with van der Waals surface area (Å²) in [4.78, 5) is 10.9. The Bertz CT molecular complexity index is 144. The molecule has 0 saturated carbocycles. The van der Waals surface area contributed by atoms with E-state index in [1.54, 1.807) is 0 Å². The summed E-state index contributed by atoms with van der Waals surface area (Å²) in [5.74, 6) is 0.785. The molecule has 2 heteroatoms. The first-order valence-electron chi connectivity index (χ1n) is 4.53. The second-order valence-electron chi connectivity index (χ2n) is 3.50. The predicted octanol–water partition coefficient (Wildman–Crippen LogP) is 1.70. The highest BCUT2D eigenvalue weighted by molar-refractivity contribution is 5.78. The number of carbonyl (C=O) groups excluding carboxylic acids is 1. The van der Waals surface area contributed by atoms with Gasteiger partial charge in [-0.3, -0.25) is 4.79 Å². The van der Waals surface area contributed by atoms with E-state index in [1.807, 2.05) is 0 Å². The Hall–Kier alpha value is -0.530. The van der Waals surface area contributed by atoms with Crippen molar-refractivity contribution in [3.8, 4) is 0 Å². The van der Waals surface area contributed by atoms with Crippen molar-refractivity contribution in [2.45, 2.75) is 45.6 Å². The smallest absolute Gasteiger partial charge is 0.220 e. The van der Waals surface area contributed by atoms with Crippen molar-refractivity contribution >= 4 is 5.91 Å². The summed E-state index contributed by atoms with van der Waals surface area (Å²) in [6.45, 7) is 4.33. The van der Waals surface area contributed by atoms with Gasteiger partial charge in [0.2, 0.25) is 5.91 Å². The number of unbranched alkanes of at least 4 members (excludes halogenated alkanes) is 1. The van der Waals surface area contributed by atoms with Gasteiger partial charge in [0.15, 0.2) is 0 Å². The van der Waals surface area contributed by atoms with Crippen LogP contribution in [0.3, 0.4) is 0 Å². The van der Waals surface area contributed by atoms with Crippen LogP contribution in [-0.2, 0) is 4.79 Å². The van der Waals surface area contributed by atoms with E-state index in [2.05, 4.69) is 19.2 Å². The number of amides is 1. The van der Waals surface area contributed by atoms with Crippen LogP contribution in [0.4, 0.5) is 0 Å². The summed E-state index contributed by atoms with van der Waals surface area (Å²) in [6.07, 6.45) is 4.34. The largest absolute Gasteiger partial charge is 0.353 e. The predicted molar refractivity (Wildman–Crippen MR) is 45.2 cm³/mol. The molecule has 0 unspecified atom stereocenters.